The van der Waals surface area contributed by atoms with E-state index in [1.54, 1.807) is 31.4 Å². The van der Waals surface area contributed by atoms with Gasteiger partial charge < -0.3 is 14.7 Å². The number of benzene rings is 2. The number of rotatable bonds is 6. The molecule has 1 N–H and O–H groups in total. The van der Waals surface area contributed by atoms with E-state index in [1.165, 1.54) is 0 Å². The van der Waals surface area contributed by atoms with Crippen LogP contribution in [0, 0.1) is 5.92 Å². The van der Waals surface area contributed by atoms with Gasteiger partial charge in [-0.3, -0.25) is 9.79 Å². The first-order valence-corrected chi connectivity index (χ1v) is 11.9. The van der Waals surface area contributed by atoms with Gasteiger partial charge in [0, 0.05) is 5.56 Å². The monoisotopic (exact) mass is 466 g/mol. The third-order valence-corrected chi connectivity index (χ3v) is 7.41. The van der Waals surface area contributed by atoms with Crippen LogP contribution in [0.25, 0.3) is 0 Å². The van der Waals surface area contributed by atoms with Gasteiger partial charge in [-0.05, 0) is 80.3 Å². The first-order valence-electron chi connectivity index (χ1n) is 11.5. The van der Waals surface area contributed by atoms with Crippen molar-refractivity contribution in [2.24, 2.45) is 10.9 Å². The van der Waals surface area contributed by atoms with E-state index in [-0.39, 0.29) is 17.5 Å². The summed E-state index contributed by atoms with van der Waals surface area (Å²) in [4.78, 5) is 32.5. The second-order valence-corrected chi connectivity index (χ2v) is 9.64. The SMILES string of the molecule is COc1ccc(C2=NC3(CCCCC3)N([C@@H](c3ccc(C(=O)O)cc3)C3CC3)C2=O)cc1Cl. The maximum atomic E-state index is 14.0. The molecule has 172 valence electrons. The standard InChI is InChI=1S/C26H27ClN2O4/c1-33-21-12-11-19(15-20(21)27)22-24(30)29(26(28-22)13-3-2-4-14-26)23(16-5-6-16)17-7-9-18(10-8-17)25(31)32/h7-12,15-16,23H,2-6,13-14H2,1H3,(H,31,32)/t23-/m1/s1. The Morgan fingerprint density at radius 1 is 1.15 bits per heavy atom. The molecule has 2 aliphatic carbocycles. The van der Waals surface area contributed by atoms with Crippen LogP contribution in [0.15, 0.2) is 47.5 Å². The van der Waals surface area contributed by atoms with Gasteiger partial charge in [0.05, 0.1) is 23.7 Å². The molecule has 2 saturated carbocycles. The Hall–Kier alpha value is -2.86. The highest BCUT2D eigenvalue weighted by Gasteiger charge is 2.53. The van der Waals surface area contributed by atoms with Crippen LogP contribution in [-0.4, -0.2) is 40.4 Å². The van der Waals surface area contributed by atoms with Gasteiger partial charge in [-0.1, -0.05) is 30.2 Å². The first-order chi connectivity index (χ1) is 15.9. The number of halogens is 1. The largest absolute Gasteiger partial charge is 0.495 e. The normalized spacial score (nSPS) is 20.6. The predicted octanol–water partition coefficient (Wildman–Crippen LogP) is 5.49. The van der Waals surface area contributed by atoms with E-state index in [9.17, 15) is 14.7 Å². The summed E-state index contributed by atoms with van der Waals surface area (Å²) in [6.45, 7) is 0. The van der Waals surface area contributed by atoms with Gasteiger partial charge in [-0.2, -0.15) is 0 Å². The van der Waals surface area contributed by atoms with Crippen LogP contribution in [0.5, 0.6) is 5.75 Å². The number of amides is 1. The number of carbonyl (C=O) groups is 2. The number of hydrogen-bond donors (Lipinski definition) is 1. The summed E-state index contributed by atoms with van der Waals surface area (Å²) < 4.78 is 5.27. The zero-order chi connectivity index (χ0) is 23.2. The van der Waals surface area contributed by atoms with Crippen LogP contribution in [0.1, 0.15) is 72.5 Å². The summed E-state index contributed by atoms with van der Waals surface area (Å²) >= 11 is 6.38. The maximum absolute atomic E-state index is 14.0. The molecular formula is C26H27ClN2O4. The number of nitrogens with zero attached hydrogens (tertiary/aromatic N) is 2. The van der Waals surface area contributed by atoms with Crippen LogP contribution in [-0.2, 0) is 4.79 Å². The number of hydrogen-bond acceptors (Lipinski definition) is 4. The van der Waals surface area contributed by atoms with Crippen molar-refractivity contribution in [2.75, 3.05) is 7.11 Å². The van der Waals surface area contributed by atoms with E-state index in [2.05, 4.69) is 0 Å². The number of carboxylic acids is 1. The quantitative estimate of drug-likeness (QED) is 0.610. The smallest absolute Gasteiger partial charge is 0.335 e. The maximum Gasteiger partial charge on any atom is 0.335 e. The molecule has 1 spiro atoms. The van der Waals surface area contributed by atoms with E-state index in [0.717, 1.165) is 50.5 Å². The summed E-state index contributed by atoms with van der Waals surface area (Å²) in [6.07, 6.45) is 6.97. The lowest BCUT2D eigenvalue weighted by molar-refractivity contribution is -0.133. The van der Waals surface area contributed by atoms with Crippen molar-refractivity contribution in [3.8, 4) is 5.75 Å². The molecule has 1 amide bonds. The van der Waals surface area contributed by atoms with Crippen LogP contribution < -0.4 is 4.74 Å². The van der Waals surface area contributed by atoms with Gasteiger partial charge in [0.2, 0.25) is 0 Å². The zero-order valence-electron chi connectivity index (χ0n) is 18.6. The van der Waals surface area contributed by atoms with E-state index in [0.29, 0.717) is 28.0 Å². The number of aromatic carboxylic acids is 1. The molecule has 1 heterocycles. The fourth-order valence-corrected chi connectivity index (χ4v) is 5.60. The molecule has 1 atom stereocenters. The Labute approximate surface area is 198 Å². The van der Waals surface area contributed by atoms with Crippen molar-refractivity contribution in [3.05, 3.63) is 64.2 Å². The Morgan fingerprint density at radius 2 is 1.85 bits per heavy atom. The molecule has 2 aromatic carbocycles. The molecular weight excluding hydrogens is 440 g/mol. The molecule has 0 bridgehead atoms. The van der Waals surface area contributed by atoms with Gasteiger partial charge in [0.25, 0.3) is 5.91 Å². The minimum atomic E-state index is -0.951. The van der Waals surface area contributed by atoms with Crippen molar-refractivity contribution in [1.29, 1.82) is 0 Å². The fourth-order valence-electron chi connectivity index (χ4n) is 5.34. The predicted molar refractivity (Wildman–Crippen MR) is 126 cm³/mol. The van der Waals surface area contributed by atoms with E-state index in [1.807, 2.05) is 23.1 Å². The lowest BCUT2D eigenvalue weighted by Gasteiger charge is -2.44. The molecule has 0 unspecified atom stereocenters. The minimum Gasteiger partial charge on any atom is -0.495 e. The van der Waals surface area contributed by atoms with Crippen molar-refractivity contribution in [3.63, 3.8) is 0 Å². The van der Waals surface area contributed by atoms with Crippen molar-refractivity contribution >= 4 is 29.2 Å². The molecule has 5 rings (SSSR count). The topological polar surface area (TPSA) is 79.2 Å². The summed E-state index contributed by atoms with van der Waals surface area (Å²) in [5, 5.41) is 9.75. The van der Waals surface area contributed by atoms with Crippen molar-refractivity contribution in [1.82, 2.24) is 4.90 Å². The van der Waals surface area contributed by atoms with Crippen LogP contribution in [0.3, 0.4) is 0 Å². The highest BCUT2D eigenvalue weighted by molar-refractivity contribution is 6.47. The van der Waals surface area contributed by atoms with Gasteiger partial charge in [-0.25, -0.2) is 4.79 Å². The number of carboxylic acid groups (broad SMARTS) is 1. The van der Waals surface area contributed by atoms with Crippen LogP contribution in [0.2, 0.25) is 5.02 Å². The van der Waals surface area contributed by atoms with Crippen LogP contribution in [0.4, 0.5) is 0 Å². The van der Waals surface area contributed by atoms with Crippen molar-refractivity contribution < 1.29 is 19.4 Å². The summed E-state index contributed by atoms with van der Waals surface area (Å²) in [6, 6.07) is 12.2. The number of aliphatic imine (C=N–C) groups is 1. The zero-order valence-corrected chi connectivity index (χ0v) is 19.3. The summed E-state index contributed by atoms with van der Waals surface area (Å²) in [5.41, 5.74) is 1.82. The Morgan fingerprint density at radius 3 is 2.42 bits per heavy atom. The molecule has 7 heteroatoms. The second kappa shape index (κ2) is 8.49. The number of carbonyl (C=O) groups excluding carboxylic acids is 1. The highest BCUT2D eigenvalue weighted by Crippen LogP contribution is 2.52. The molecule has 33 heavy (non-hydrogen) atoms. The first kappa shape index (κ1) is 22.0. The molecule has 0 aromatic heterocycles. The molecule has 0 saturated heterocycles. The molecule has 2 aromatic rings. The van der Waals surface area contributed by atoms with Gasteiger partial charge in [-0.15, -0.1) is 0 Å². The summed E-state index contributed by atoms with van der Waals surface area (Å²) in [7, 11) is 1.56. The van der Waals surface area contributed by atoms with E-state index >= 15 is 0 Å². The number of ether oxygens (including phenoxy) is 1. The lowest BCUT2D eigenvalue weighted by atomic mass is 9.86. The molecule has 2 fully saturated rings. The fraction of sp³-hybridized carbons (Fsp3) is 0.423. The molecule has 0 radical (unpaired) electrons. The van der Waals surface area contributed by atoms with Crippen LogP contribution >= 0.6 is 11.6 Å². The minimum absolute atomic E-state index is 0.0719. The Balaban J connectivity index is 1.57. The van der Waals surface area contributed by atoms with Crippen molar-refractivity contribution in [2.45, 2.75) is 56.7 Å². The van der Waals surface area contributed by atoms with Gasteiger partial charge in [0.15, 0.2) is 0 Å². The lowest BCUT2D eigenvalue weighted by Crippen LogP contribution is -2.50. The van der Waals surface area contributed by atoms with Gasteiger partial charge in [0.1, 0.15) is 17.1 Å². The second-order valence-electron chi connectivity index (χ2n) is 9.24. The highest BCUT2D eigenvalue weighted by atomic mass is 35.5. The number of methoxy groups -OCH3 is 1. The third-order valence-electron chi connectivity index (χ3n) is 7.12. The van der Waals surface area contributed by atoms with Gasteiger partial charge >= 0.3 is 5.97 Å². The third kappa shape index (κ3) is 3.90. The molecule has 6 nitrogen and oxygen atoms in total. The summed E-state index contributed by atoms with van der Waals surface area (Å²) in [5.74, 6) is -0.104. The average molecular weight is 467 g/mol. The molecule has 3 aliphatic rings. The van der Waals surface area contributed by atoms with E-state index < -0.39 is 11.6 Å². The Kier molecular flexibility index (Phi) is 5.65. The average Bonchev–Trinajstić information content (AvgIpc) is 3.62. The van der Waals surface area contributed by atoms with E-state index in [4.69, 9.17) is 21.3 Å². The Bertz CT molecular complexity index is 1120. The molecule has 1 aliphatic heterocycles.